The quantitative estimate of drug-likeness (QED) is 0.629. The third kappa shape index (κ3) is 3.05. The highest BCUT2D eigenvalue weighted by Gasteiger charge is 2.41. The van der Waals surface area contributed by atoms with Crippen LogP contribution in [0.5, 0.6) is 0 Å². The summed E-state index contributed by atoms with van der Waals surface area (Å²) in [5.74, 6) is -1.04. The van der Waals surface area contributed by atoms with Gasteiger partial charge in [0.25, 0.3) is 5.91 Å². The predicted molar refractivity (Wildman–Crippen MR) is 90.2 cm³/mol. The highest BCUT2D eigenvalue weighted by Crippen LogP contribution is 2.30. The summed E-state index contributed by atoms with van der Waals surface area (Å²) >= 11 is 0. The molecule has 1 fully saturated rings. The van der Waals surface area contributed by atoms with Gasteiger partial charge >= 0.3 is 5.97 Å². The number of aromatic nitrogens is 2. The van der Waals surface area contributed by atoms with Crippen LogP contribution >= 0.6 is 0 Å². The van der Waals surface area contributed by atoms with Crippen molar-refractivity contribution in [3.8, 4) is 0 Å². The van der Waals surface area contributed by atoms with Crippen molar-refractivity contribution in [2.24, 2.45) is 0 Å². The van der Waals surface area contributed by atoms with E-state index in [0.717, 1.165) is 16.3 Å². The molecule has 1 aliphatic heterocycles. The van der Waals surface area contributed by atoms with E-state index in [4.69, 9.17) is 4.74 Å². The van der Waals surface area contributed by atoms with Crippen molar-refractivity contribution in [1.82, 2.24) is 9.78 Å². The SMILES string of the molecule is CCOC(=O)c1ccc(N2C(=O)C[C@H](n3nc(C)cc3C)C2=O)cc1. The molecule has 0 bridgehead atoms. The number of ether oxygens (including phenoxy) is 1. The topological polar surface area (TPSA) is 81.5 Å². The molecule has 7 nitrogen and oxygen atoms in total. The second kappa shape index (κ2) is 6.51. The monoisotopic (exact) mass is 341 g/mol. The van der Waals surface area contributed by atoms with Gasteiger partial charge in [0.15, 0.2) is 0 Å². The molecule has 1 atom stereocenters. The van der Waals surface area contributed by atoms with Crippen molar-refractivity contribution in [2.75, 3.05) is 11.5 Å². The smallest absolute Gasteiger partial charge is 0.338 e. The second-order valence-electron chi connectivity index (χ2n) is 5.93. The second-order valence-corrected chi connectivity index (χ2v) is 5.93. The molecule has 1 aromatic heterocycles. The van der Waals surface area contributed by atoms with Crippen LogP contribution in [0.1, 0.15) is 41.1 Å². The van der Waals surface area contributed by atoms with Gasteiger partial charge in [-0.2, -0.15) is 5.10 Å². The Morgan fingerprint density at radius 2 is 1.92 bits per heavy atom. The first kappa shape index (κ1) is 16.9. The van der Waals surface area contributed by atoms with E-state index in [9.17, 15) is 14.4 Å². The van der Waals surface area contributed by atoms with Gasteiger partial charge in [0.05, 0.1) is 30.0 Å². The molecule has 1 aromatic carbocycles. The van der Waals surface area contributed by atoms with E-state index in [-0.39, 0.29) is 24.8 Å². The lowest BCUT2D eigenvalue weighted by Crippen LogP contribution is -2.31. The first-order valence-electron chi connectivity index (χ1n) is 8.09. The summed E-state index contributed by atoms with van der Waals surface area (Å²) < 4.78 is 6.53. The molecule has 130 valence electrons. The fraction of sp³-hybridized carbons (Fsp3) is 0.333. The number of hydrogen-bond acceptors (Lipinski definition) is 5. The van der Waals surface area contributed by atoms with Crippen molar-refractivity contribution in [3.63, 3.8) is 0 Å². The average Bonchev–Trinajstić information content (AvgIpc) is 3.06. The summed E-state index contributed by atoms with van der Waals surface area (Å²) in [5.41, 5.74) is 2.45. The molecule has 0 spiro atoms. The van der Waals surface area contributed by atoms with Crippen LogP contribution in [0.15, 0.2) is 30.3 Å². The number of carbonyl (C=O) groups excluding carboxylic acids is 3. The predicted octanol–water partition coefficient (Wildman–Crippen LogP) is 2.18. The average molecular weight is 341 g/mol. The van der Waals surface area contributed by atoms with Crippen molar-refractivity contribution in [3.05, 3.63) is 47.3 Å². The zero-order chi connectivity index (χ0) is 18.1. The Hall–Kier alpha value is -2.96. The minimum Gasteiger partial charge on any atom is -0.462 e. The maximum absolute atomic E-state index is 12.8. The summed E-state index contributed by atoms with van der Waals surface area (Å²) in [6.45, 7) is 5.71. The molecule has 0 N–H and O–H groups in total. The maximum Gasteiger partial charge on any atom is 0.338 e. The molecule has 0 radical (unpaired) electrons. The number of carbonyl (C=O) groups is 3. The lowest BCUT2D eigenvalue weighted by Gasteiger charge is -2.16. The molecule has 0 aliphatic carbocycles. The van der Waals surface area contributed by atoms with Crippen LogP contribution in [0, 0.1) is 13.8 Å². The number of anilines is 1. The highest BCUT2D eigenvalue weighted by molar-refractivity contribution is 6.21. The Balaban J connectivity index is 1.85. The number of imide groups is 1. The van der Waals surface area contributed by atoms with E-state index in [0.29, 0.717) is 11.3 Å². The Bertz CT molecular complexity index is 839. The van der Waals surface area contributed by atoms with Gasteiger partial charge in [-0.05, 0) is 51.1 Å². The van der Waals surface area contributed by atoms with E-state index in [1.165, 1.54) is 0 Å². The summed E-state index contributed by atoms with van der Waals surface area (Å²) in [6, 6.07) is 7.48. The van der Waals surface area contributed by atoms with Crippen LogP contribution in [-0.4, -0.2) is 34.2 Å². The summed E-state index contributed by atoms with van der Waals surface area (Å²) in [4.78, 5) is 38.0. The van der Waals surface area contributed by atoms with E-state index >= 15 is 0 Å². The van der Waals surface area contributed by atoms with Crippen LogP contribution in [0.25, 0.3) is 0 Å². The van der Waals surface area contributed by atoms with Gasteiger partial charge in [0.1, 0.15) is 6.04 Å². The molecule has 0 saturated carbocycles. The van der Waals surface area contributed by atoms with Gasteiger partial charge in [-0.3, -0.25) is 14.3 Å². The molecule has 2 aromatic rings. The van der Waals surface area contributed by atoms with Crippen LogP contribution in [0.4, 0.5) is 5.69 Å². The number of aryl methyl sites for hydroxylation is 2. The van der Waals surface area contributed by atoms with Gasteiger partial charge in [-0.15, -0.1) is 0 Å². The van der Waals surface area contributed by atoms with Crippen LogP contribution in [0.3, 0.4) is 0 Å². The minimum atomic E-state index is -0.633. The van der Waals surface area contributed by atoms with E-state index in [2.05, 4.69) is 5.10 Å². The van der Waals surface area contributed by atoms with Crippen molar-refractivity contribution in [1.29, 1.82) is 0 Å². The maximum atomic E-state index is 12.8. The molecular formula is C18H19N3O4. The standard InChI is InChI=1S/C18H19N3O4/c1-4-25-18(24)13-5-7-14(8-6-13)20-16(22)10-15(17(20)23)21-12(3)9-11(2)19-21/h5-9,15H,4,10H2,1-3H3/t15-/m0/s1. The molecule has 25 heavy (non-hydrogen) atoms. The molecule has 2 amide bonds. The van der Waals surface area contributed by atoms with Gasteiger partial charge < -0.3 is 4.74 Å². The van der Waals surface area contributed by atoms with Crippen LogP contribution < -0.4 is 4.90 Å². The largest absolute Gasteiger partial charge is 0.462 e. The van der Waals surface area contributed by atoms with Crippen molar-refractivity contribution < 1.29 is 19.1 Å². The lowest BCUT2D eigenvalue weighted by molar-refractivity contribution is -0.122. The summed E-state index contributed by atoms with van der Waals surface area (Å²) in [7, 11) is 0. The zero-order valence-electron chi connectivity index (χ0n) is 14.4. The van der Waals surface area contributed by atoms with E-state index in [1.807, 2.05) is 19.9 Å². The molecule has 2 heterocycles. The van der Waals surface area contributed by atoms with Crippen molar-refractivity contribution in [2.45, 2.75) is 33.2 Å². The number of amides is 2. The van der Waals surface area contributed by atoms with E-state index < -0.39 is 12.0 Å². The summed E-state index contributed by atoms with van der Waals surface area (Å²) in [6.07, 6.45) is 0.0699. The fourth-order valence-electron chi connectivity index (χ4n) is 3.00. The summed E-state index contributed by atoms with van der Waals surface area (Å²) in [5, 5.41) is 4.32. The molecule has 1 saturated heterocycles. The molecule has 7 heteroatoms. The van der Waals surface area contributed by atoms with Gasteiger partial charge in [-0.1, -0.05) is 0 Å². The lowest BCUT2D eigenvalue weighted by atomic mass is 10.2. The first-order valence-corrected chi connectivity index (χ1v) is 8.09. The third-order valence-corrected chi connectivity index (χ3v) is 4.10. The Labute approximate surface area is 145 Å². The molecule has 1 aliphatic rings. The van der Waals surface area contributed by atoms with E-state index in [1.54, 1.807) is 35.9 Å². The minimum absolute atomic E-state index is 0.0699. The van der Waals surface area contributed by atoms with Gasteiger partial charge in [0.2, 0.25) is 5.91 Å². The number of nitrogens with zero attached hydrogens (tertiary/aromatic N) is 3. The molecule has 0 unspecified atom stereocenters. The number of esters is 1. The first-order chi connectivity index (χ1) is 11.9. The van der Waals surface area contributed by atoms with Gasteiger partial charge in [-0.25, -0.2) is 9.69 Å². The number of benzene rings is 1. The Morgan fingerprint density at radius 3 is 2.48 bits per heavy atom. The normalized spacial score (nSPS) is 17.2. The zero-order valence-corrected chi connectivity index (χ0v) is 14.4. The Kier molecular flexibility index (Phi) is 4.39. The number of rotatable bonds is 4. The third-order valence-electron chi connectivity index (χ3n) is 4.10. The fourth-order valence-corrected chi connectivity index (χ4v) is 3.00. The Morgan fingerprint density at radius 1 is 1.24 bits per heavy atom. The van der Waals surface area contributed by atoms with Crippen LogP contribution in [-0.2, 0) is 14.3 Å². The van der Waals surface area contributed by atoms with Crippen molar-refractivity contribution >= 4 is 23.5 Å². The van der Waals surface area contributed by atoms with Gasteiger partial charge in [0, 0.05) is 5.69 Å². The van der Waals surface area contributed by atoms with Crippen LogP contribution in [0.2, 0.25) is 0 Å². The number of hydrogen-bond donors (Lipinski definition) is 0. The highest BCUT2D eigenvalue weighted by atomic mass is 16.5. The molecule has 3 rings (SSSR count). The molecular weight excluding hydrogens is 322 g/mol.